The third kappa shape index (κ3) is 3.44. The molecule has 0 radical (unpaired) electrons. The molecule has 0 N–H and O–H groups in total. The van der Waals surface area contributed by atoms with Crippen LogP contribution < -0.4 is 0 Å². The number of nitrogens with zero attached hydrogens (tertiary/aromatic N) is 1. The van der Waals surface area contributed by atoms with Gasteiger partial charge in [0, 0.05) is 12.3 Å². The van der Waals surface area contributed by atoms with E-state index in [1.807, 2.05) is 0 Å². The molecule has 0 saturated carbocycles. The van der Waals surface area contributed by atoms with Crippen molar-refractivity contribution in [2.45, 2.75) is 46.5 Å². The number of aliphatic imine (C=N–C) groups is 1. The lowest BCUT2D eigenvalue weighted by Gasteiger charge is -2.11. The van der Waals surface area contributed by atoms with E-state index in [1.54, 1.807) is 0 Å². The lowest BCUT2D eigenvalue weighted by Crippen LogP contribution is -2.06. The average molecular weight is 243 g/mol. The quantitative estimate of drug-likeness (QED) is 0.722. The highest BCUT2D eigenvalue weighted by Gasteiger charge is 2.20. The van der Waals surface area contributed by atoms with Crippen molar-refractivity contribution in [2.24, 2.45) is 16.8 Å². The molecular formula is C17H25N. The minimum atomic E-state index is 0.773. The fourth-order valence-corrected chi connectivity index (χ4v) is 2.83. The Balaban J connectivity index is 1.96. The van der Waals surface area contributed by atoms with Crippen LogP contribution >= 0.6 is 0 Å². The molecule has 0 spiro atoms. The van der Waals surface area contributed by atoms with Crippen molar-refractivity contribution >= 4 is 5.71 Å². The molecule has 0 aromatic heterocycles. The standard InChI is InChI=1S/C17H25N/c1-4-5-14-6-8-16(9-7-14)17-11-15(12-18-17)10-13(2)3/h6-9,13,15H,4-5,10-12H2,1-3H3. The summed E-state index contributed by atoms with van der Waals surface area (Å²) in [6.45, 7) is 7.87. The summed E-state index contributed by atoms with van der Waals surface area (Å²) in [7, 11) is 0. The van der Waals surface area contributed by atoms with Crippen molar-refractivity contribution in [1.29, 1.82) is 0 Å². The van der Waals surface area contributed by atoms with Crippen LogP contribution in [0.5, 0.6) is 0 Å². The molecule has 18 heavy (non-hydrogen) atoms. The lowest BCUT2D eigenvalue weighted by atomic mass is 9.92. The minimum Gasteiger partial charge on any atom is -0.289 e. The molecule has 1 aromatic carbocycles. The first-order chi connectivity index (χ1) is 8.69. The first-order valence-corrected chi connectivity index (χ1v) is 7.31. The zero-order chi connectivity index (χ0) is 13.0. The van der Waals surface area contributed by atoms with Gasteiger partial charge in [-0.1, -0.05) is 51.5 Å². The van der Waals surface area contributed by atoms with Crippen molar-refractivity contribution in [3.63, 3.8) is 0 Å². The van der Waals surface area contributed by atoms with E-state index in [1.165, 1.54) is 42.5 Å². The van der Waals surface area contributed by atoms with Crippen LogP contribution in [-0.4, -0.2) is 12.3 Å². The molecule has 1 atom stereocenters. The molecule has 1 aliphatic rings. The molecule has 0 amide bonds. The van der Waals surface area contributed by atoms with Gasteiger partial charge in [-0.05, 0) is 42.2 Å². The summed E-state index contributed by atoms with van der Waals surface area (Å²) in [4.78, 5) is 4.73. The van der Waals surface area contributed by atoms with Crippen LogP contribution in [0.1, 0.15) is 51.2 Å². The Hall–Kier alpha value is -1.11. The van der Waals surface area contributed by atoms with Crippen LogP contribution in [0.4, 0.5) is 0 Å². The van der Waals surface area contributed by atoms with E-state index < -0.39 is 0 Å². The van der Waals surface area contributed by atoms with E-state index in [-0.39, 0.29) is 0 Å². The molecule has 1 nitrogen and oxygen atoms in total. The number of aryl methyl sites for hydroxylation is 1. The molecule has 0 aliphatic carbocycles. The van der Waals surface area contributed by atoms with Gasteiger partial charge in [0.05, 0.1) is 0 Å². The molecule has 0 saturated heterocycles. The van der Waals surface area contributed by atoms with Gasteiger partial charge in [0.1, 0.15) is 0 Å². The van der Waals surface area contributed by atoms with Crippen molar-refractivity contribution in [3.8, 4) is 0 Å². The second-order valence-electron chi connectivity index (χ2n) is 5.93. The van der Waals surface area contributed by atoms with Crippen LogP contribution in [0.2, 0.25) is 0 Å². The maximum Gasteiger partial charge on any atom is 0.0424 e. The van der Waals surface area contributed by atoms with Gasteiger partial charge in [-0.15, -0.1) is 0 Å². The SMILES string of the molecule is CCCc1ccc(C2=NCC(CC(C)C)C2)cc1. The van der Waals surface area contributed by atoms with Crippen LogP contribution in [0, 0.1) is 11.8 Å². The van der Waals surface area contributed by atoms with Crippen LogP contribution in [-0.2, 0) is 6.42 Å². The minimum absolute atomic E-state index is 0.773. The third-order valence-corrected chi connectivity index (χ3v) is 3.65. The maximum absolute atomic E-state index is 4.73. The fraction of sp³-hybridized carbons (Fsp3) is 0.588. The molecular weight excluding hydrogens is 218 g/mol. The monoisotopic (exact) mass is 243 g/mol. The number of hydrogen-bond acceptors (Lipinski definition) is 1. The highest BCUT2D eigenvalue weighted by atomic mass is 14.8. The van der Waals surface area contributed by atoms with Gasteiger partial charge >= 0.3 is 0 Å². The zero-order valence-electron chi connectivity index (χ0n) is 11.9. The highest BCUT2D eigenvalue weighted by Crippen LogP contribution is 2.24. The number of rotatable bonds is 5. The van der Waals surface area contributed by atoms with Gasteiger partial charge in [0.2, 0.25) is 0 Å². The molecule has 1 aromatic rings. The van der Waals surface area contributed by atoms with E-state index in [9.17, 15) is 0 Å². The third-order valence-electron chi connectivity index (χ3n) is 3.65. The lowest BCUT2D eigenvalue weighted by molar-refractivity contribution is 0.444. The predicted octanol–water partition coefficient (Wildman–Crippen LogP) is 4.49. The summed E-state index contributed by atoms with van der Waals surface area (Å²) in [5.74, 6) is 1.56. The van der Waals surface area contributed by atoms with Crippen molar-refractivity contribution in [3.05, 3.63) is 35.4 Å². The van der Waals surface area contributed by atoms with E-state index >= 15 is 0 Å². The zero-order valence-corrected chi connectivity index (χ0v) is 11.9. The topological polar surface area (TPSA) is 12.4 Å². The van der Waals surface area contributed by atoms with Crippen LogP contribution in [0.15, 0.2) is 29.3 Å². The second-order valence-corrected chi connectivity index (χ2v) is 5.93. The molecule has 98 valence electrons. The Kier molecular flexibility index (Phi) is 4.57. The molecule has 2 rings (SSSR count). The summed E-state index contributed by atoms with van der Waals surface area (Å²) in [5, 5.41) is 0. The molecule has 1 unspecified atom stereocenters. The molecule has 1 aliphatic heterocycles. The summed E-state index contributed by atoms with van der Waals surface area (Å²) in [5.41, 5.74) is 4.10. The second kappa shape index (κ2) is 6.17. The fourth-order valence-electron chi connectivity index (χ4n) is 2.83. The summed E-state index contributed by atoms with van der Waals surface area (Å²) < 4.78 is 0. The average Bonchev–Trinajstić information content (AvgIpc) is 2.78. The van der Waals surface area contributed by atoms with Crippen molar-refractivity contribution < 1.29 is 0 Å². The molecule has 0 fully saturated rings. The first-order valence-electron chi connectivity index (χ1n) is 7.31. The summed E-state index contributed by atoms with van der Waals surface area (Å²) in [6, 6.07) is 9.03. The molecule has 1 heteroatoms. The number of benzene rings is 1. The summed E-state index contributed by atoms with van der Waals surface area (Å²) in [6.07, 6.45) is 4.88. The van der Waals surface area contributed by atoms with E-state index in [0.29, 0.717) is 0 Å². The Morgan fingerprint density at radius 2 is 1.94 bits per heavy atom. The van der Waals surface area contributed by atoms with E-state index in [0.717, 1.165) is 18.4 Å². The summed E-state index contributed by atoms with van der Waals surface area (Å²) >= 11 is 0. The molecule has 0 bridgehead atoms. The van der Waals surface area contributed by atoms with Crippen molar-refractivity contribution in [1.82, 2.24) is 0 Å². The Morgan fingerprint density at radius 3 is 2.56 bits per heavy atom. The Labute approximate surface area is 111 Å². The maximum atomic E-state index is 4.73. The van der Waals surface area contributed by atoms with Gasteiger partial charge < -0.3 is 0 Å². The normalized spacial score (nSPS) is 19.3. The number of hydrogen-bond donors (Lipinski definition) is 0. The predicted molar refractivity (Wildman–Crippen MR) is 79.4 cm³/mol. The van der Waals surface area contributed by atoms with Gasteiger partial charge in [0.25, 0.3) is 0 Å². The van der Waals surface area contributed by atoms with E-state index in [2.05, 4.69) is 45.0 Å². The van der Waals surface area contributed by atoms with Gasteiger partial charge in [0.15, 0.2) is 0 Å². The molecule has 1 heterocycles. The van der Waals surface area contributed by atoms with Crippen LogP contribution in [0.25, 0.3) is 0 Å². The van der Waals surface area contributed by atoms with Crippen LogP contribution in [0.3, 0.4) is 0 Å². The Bertz CT molecular complexity index is 400. The van der Waals surface area contributed by atoms with Gasteiger partial charge in [-0.2, -0.15) is 0 Å². The first kappa shape index (κ1) is 13.3. The smallest absolute Gasteiger partial charge is 0.0424 e. The van der Waals surface area contributed by atoms with Gasteiger partial charge in [-0.25, -0.2) is 0 Å². The highest BCUT2D eigenvalue weighted by molar-refractivity contribution is 6.01. The largest absolute Gasteiger partial charge is 0.289 e. The van der Waals surface area contributed by atoms with Crippen molar-refractivity contribution in [2.75, 3.05) is 6.54 Å². The van der Waals surface area contributed by atoms with E-state index in [4.69, 9.17) is 4.99 Å². The Morgan fingerprint density at radius 1 is 1.22 bits per heavy atom. The van der Waals surface area contributed by atoms with Gasteiger partial charge in [-0.3, -0.25) is 4.99 Å².